The Morgan fingerprint density at radius 3 is 2.42 bits per heavy atom. The van der Waals surface area contributed by atoms with Gasteiger partial charge in [-0.25, -0.2) is 0 Å². The van der Waals surface area contributed by atoms with Crippen LogP contribution in [0.1, 0.15) is 38.8 Å². The summed E-state index contributed by atoms with van der Waals surface area (Å²) < 4.78 is 6.96. The zero-order valence-electron chi connectivity index (χ0n) is 12.3. The predicted molar refractivity (Wildman–Crippen MR) is 82.6 cm³/mol. The molecular formula is C15H24BrNO2. The first-order valence-electron chi connectivity index (χ1n) is 6.68. The summed E-state index contributed by atoms with van der Waals surface area (Å²) in [4.78, 5) is 0. The minimum Gasteiger partial charge on any atom is -0.487 e. The number of rotatable bonds is 6. The Morgan fingerprint density at radius 2 is 1.89 bits per heavy atom. The smallest absolute Gasteiger partial charge is 0.127 e. The number of benzene rings is 1. The summed E-state index contributed by atoms with van der Waals surface area (Å²) in [6, 6.07) is 4.51. The largest absolute Gasteiger partial charge is 0.487 e. The molecule has 4 heteroatoms. The fraction of sp³-hybridized carbons (Fsp3) is 0.600. The summed E-state index contributed by atoms with van der Waals surface area (Å²) in [5.74, 6) is 0.866. The second kappa shape index (κ2) is 7.27. The van der Waals surface area contributed by atoms with E-state index in [4.69, 9.17) is 4.74 Å². The molecule has 0 fully saturated rings. The lowest BCUT2D eigenvalue weighted by molar-refractivity contribution is 0.0593. The molecule has 0 radical (unpaired) electrons. The standard InChI is InChI=1S/C15H24BrNO2/c1-9(2)17-8-13-7-14(16)6-10(3)15(13)19-12(5)11(4)18/h6-7,9,11-12,17-18H,8H2,1-5H3. The number of aliphatic hydroxyl groups is 1. The molecule has 0 saturated heterocycles. The van der Waals surface area contributed by atoms with Gasteiger partial charge in [-0.05, 0) is 38.5 Å². The molecule has 0 aromatic heterocycles. The highest BCUT2D eigenvalue weighted by molar-refractivity contribution is 9.10. The second-order valence-corrected chi connectivity index (χ2v) is 6.23. The van der Waals surface area contributed by atoms with Crippen molar-refractivity contribution in [2.45, 2.75) is 59.4 Å². The molecule has 0 aliphatic rings. The molecule has 0 aliphatic heterocycles. The Bertz CT molecular complexity index is 419. The topological polar surface area (TPSA) is 41.5 Å². The first-order valence-corrected chi connectivity index (χ1v) is 7.47. The van der Waals surface area contributed by atoms with Crippen LogP contribution < -0.4 is 10.1 Å². The molecule has 1 aromatic rings. The molecule has 19 heavy (non-hydrogen) atoms. The highest BCUT2D eigenvalue weighted by Gasteiger charge is 2.15. The van der Waals surface area contributed by atoms with Gasteiger partial charge >= 0.3 is 0 Å². The number of aliphatic hydroxyl groups excluding tert-OH is 1. The van der Waals surface area contributed by atoms with Crippen LogP contribution in [0.3, 0.4) is 0 Å². The Morgan fingerprint density at radius 1 is 1.26 bits per heavy atom. The van der Waals surface area contributed by atoms with Crippen LogP contribution in [0, 0.1) is 6.92 Å². The van der Waals surface area contributed by atoms with E-state index in [1.54, 1.807) is 6.92 Å². The van der Waals surface area contributed by atoms with Crippen molar-refractivity contribution in [2.75, 3.05) is 0 Å². The zero-order valence-corrected chi connectivity index (χ0v) is 13.9. The Kier molecular flexibility index (Phi) is 6.30. The zero-order chi connectivity index (χ0) is 14.6. The van der Waals surface area contributed by atoms with Gasteiger partial charge in [0.15, 0.2) is 0 Å². The monoisotopic (exact) mass is 329 g/mol. The summed E-state index contributed by atoms with van der Waals surface area (Å²) >= 11 is 3.52. The molecular weight excluding hydrogens is 306 g/mol. The maximum atomic E-state index is 9.59. The van der Waals surface area contributed by atoms with Crippen molar-refractivity contribution in [3.63, 3.8) is 0 Å². The quantitative estimate of drug-likeness (QED) is 0.840. The minimum atomic E-state index is -0.492. The fourth-order valence-electron chi connectivity index (χ4n) is 1.70. The van der Waals surface area contributed by atoms with E-state index in [-0.39, 0.29) is 6.10 Å². The SMILES string of the molecule is Cc1cc(Br)cc(CNC(C)C)c1OC(C)C(C)O. The van der Waals surface area contributed by atoms with Crippen molar-refractivity contribution in [3.8, 4) is 5.75 Å². The van der Waals surface area contributed by atoms with Crippen LogP contribution in [0.5, 0.6) is 5.75 Å². The van der Waals surface area contributed by atoms with E-state index < -0.39 is 6.10 Å². The maximum Gasteiger partial charge on any atom is 0.127 e. The molecule has 0 spiro atoms. The molecule has 1 rings (SSSR count). The highest BCUT2D eigenvalue weighted by atomic mass is 79.9. The Labute approximate surface area is 124 Å². The highest BCUT2D eigenvalue weighted by Crippen LogP contribution is 2.29. The first-order chi connectivity index (χ1) is 8.81. The van der Waals surface area contributed by atoms with E-state index in [1.807, 2.05) is 19.9 Å². The van der Waals surface area contributed by atoms with Crippen LogP contribution in [0.25, 0.3) is 0 Å². The summed E-state index contributed by atoms with van der Waals surface area (Å²) in [7, 11) is 0. The number of ether oxygens (including phenoxy) is 1. The van der Waals surface area contributed by atoms with Gasteiger partial charge < -0.3 is 15.2 Å². The summed E-state index contributed by atoms with van der Waals surface area (Å²) in [5.41, 5.74) is 2.18. The van der Waals surface area contributed by atoms with Gasteiger partial charge in [-0.2, -0.15) is 0 Å². The van der Waals surface area contributed by atoms with Gasteiger partial charge in [-0.1, -0.05) is 29.8 Å². The van der Waals surface area contributed by atoms with Crippen LogP contribution in [0.4, 0.5) is 0 Å². The second-order valence-electron chi connectivity index (χ2n) is 5.31. The van der Waals surface area contributed by atoms with Crippen molar-refractivity contribution in [1.82, 2.24) is 5.32 Å². The lowest BCUT2D eigenvalue weighted by Crippen LogP contribution is -2.27. The molecule has 0 saturated carbocycles. The average molecular weight is 330 g/mol. The van der Waals surface area contributed by atoms with E-state index in [0.29, 0.717) is 6.04 Å². The van der Waals surface area contributed by atoms with Gasteiger partial charge in [0.05, 0.1) is 6.10 Å². The lowest BCUT2D eigenvalue weighted by Gasteiger charge is -2.22. The van der Waals surface area contributed by atoms with Crippen LogP contribution in [-0.4, -0.2) is 23.4 Å². The number of aryl methyl sites for hydroxylation is 1. The van der Waals surface area contributed by atoms with Gasteiger partial charge in [0.2, 0.25) is 0 Å². The lowest BCUT2D eigenvalue weighted by atomic mass is 10.1. The van der Waals surface area contributed by atoms with Gasteiger partial charge in [0.1, 0.15) is 11.9 Å². The van der Waals surface area contributed by atoms with Crippen molar-refractivity contribution < 1.29 is 9.84 Å². The summed E-state index contributed by atoms with van der Waals surface area (Å²) in [5, 5.41) is 13.0. The average Bonchev–Trinajstić information content (AvgIpc) is 2.29. The number of hydrogen-bond acceptors (Lipinski definition) is 3. The molecule has 2 atom stereocenters. The van der Waals surface area contributed by atoms with Crippen molar-refractivity contribution in [1.29, 1.82) is 0 Å². The van der Waals surface area contributed by atoms with E-state index in [1.165, 1.54) is 0 Å². The normalized spacial score (nSPS) is 14.5. The Balaban J connectivity index is 2.99. The molecule has 0 bridgehead atoms. The summed E-state index contributed by atoms with van der Waals surface area (Å²) in [6.07, 6.45) is -0.716. The van der Waals surface area contributed by atoms with Gasteiger partial charge in [0.25, 0.3) is 0 Å². The van der Waals surface area contributed by atoms with E-state index in [2.05, 4.69) is 41.2 Å². The number of halogens is 1. The predicted octanol–water partition coefficient (Wildman–Crippen LogP) is 3.40. The van der Waals surface area contributed by atoms with Gasteiger partial charge in [0, 0.05) is 22.6 Å². The third-order valence-corrected chi connectivity index (χ3v) is 3.46. The third-order valence-electron chi connectivity index (χ3n) is 3.00. The molecule has 0 aliphatic carbocycles. The van der Waals surface area contributed by atoms with Crippen molar-refractivity contribution in [3.05, 3.63) is 27.7 Å². The molecule has 3 nitrogen and oxygen atoms in total. The molecule has 1 aromatic carbocycles. The van der Waals surface area contributed by atoms with Crippen LogP contribution >= 0.6 is 15.9 Å². The molecule has 2 unspecified atom stereocenters. The van der Waals surface area contributed by atoms with Crippen LogP contribution in [0.15, 0.2) is 16.6 Å². The Hall–Kier alpha value is -0.580. The molecule has 0 amide bonds. The van der Waals surface area contributed by atoms with E-state index in [9.17, 15) is 5.11 Å². The van der Waals surface area contributed by atoms with Crippen LogP contribution in [-0.2, 0) is 6.54 Å². The molecule has 2 N–H and O–H groups in total. The molecule has 108 valence electrons. The van der Waals surface area contributed by atoms with Crippen molar-refractivity contribution >= 4 is 15.9 Å². The first kappa shape index (κ1) is 16.5. The number of nitrogens with one attached hydrogen (secondary N) is 1. The third kappa shape index (κ3) is 5.13. The van der Waals surface area contributed by atoms with Gasteiger partial charge in [-0.15, -0.1) is 0 Å². The van der Waals surface area contributed by atoms with E-state index >= 15 is 0 Å². The minimum absolute atomic E-state index is 0.224. The van der Waals surface area contributed by atoms with E-state index in [0.717, 1.165) is 27.9 Å². The van der Waals surface area contributed by atoms with Crippen LogP contribution in [0.2, 0.25) is 0 Å². The fourth-order valence-corrected chi connectivity index (χ4v) is 2.32. The van der Waals surface area contributed by atoms with Gasteiger partial charge in [-0.3, -0.25) is 0 Å². The van der Waals surface area contributed by atoms with Crippen molar-refractivity contribution in [2.24, 2.45) is 0 Å². The summed E-state index contributed by atoms with van der Waals surface area (Å²) in [6.45, 7) is 10.6. The maximum absolute atomic E-state index is 9.59. The number of hydrogen-bond donors (Lipinski definition) is 2. The molecule has 0 heterocycles.